The number of alkyl halides is 1. The van der Waals surface area contributed by atoms with Gasteiger partial charge in [0.25, 0.3) is 0 Å². The molecule has 0 saturated carbocycles. The molecule has 0 fully saturated rings. The molecule has 56 valence electrons. The van der Waals surface area contributed by atoms with Crippen LogP contribution in [0.2, 0.25) is 0 Å². The van der Waals surface area contributed by atoms with Crippen molar-refractivity contribution in [2.75, 3.05) is 0 Å². The first-order chi connectivity index (χ1) is 5.36. The molecule has 2 radical (unpaired) electrons. The normalized spacial score (nSPS) is 9.55. The Morgan fingerprint density at radius 3 is 2.45 bits per heavy atom. The zero-order valence-electron chi connectivity index (χ0n) is 5.79. The molecule has 0 unspecified atom stereocenters. The fraction of sp³-hybridized carbons (Fsp3) is 0.143. The van der Waals surface area contributed by atoms with E-state index in [1.807, 2.05) is 24.3 Å². The Hall–Kier alpha value is -0.0851. The van der Waals surface area contributed by atoms with Gasteiger partial charge in [-0.2, -0.15) is 0 Å². The third-order valence-electron chi connectivity index (χ3n) is 1.22. The third-order valence-corrected chi connectivity index (χ3v) is 2.16. The average Bonchev–Trinajstić information content (AvgIpc) is 2.07. The van der Waals surface area contributed by atoms with Crippen molar-refractivity contribution in [2.24, 2.45) is 0 Å². The van der Waals surface area contributed by atoms with E-state index in [1.165, 1.54) is 5.56 Å². The van der Waals surface area contributed by atoms with Crippen molar-refractivity contribution in [3.63, 3.8) is 0 Å². The molecule has 1 rings (SSSR count). The van der Waals surface area contributed by atoms with Gasteiger partial charge in [0.05, 0.1) is 0 Å². The van der Waals surface area contributed by atoms with Crippen LogP contribution < -0.4 is 4.18 Å². The van der Waals surface area contributed by atoms with E-state index in [0.717, 1.165) is 23.0 Å². The van der Waals surface area contributed by atoms with E-state index in [2.05, 4.69) is 15.9 Å². The van der Waals surface area contributed by atoms with Crippen molar-refractivity contribution in [1.29, 1.82) is 0 Å². The smallest absolute Gasteiger partial charge is 0.222 e. The van der Waals surface area contributed by atoms with Crippen LogP contribution in [0.4, 0.5) is 0 Å². The highest BCUT2D eigenvalue weighted by Crippen LogP contribution is 2.16. The Morgan fingerprint density at radius 1 is 1.36 bits per heavy atom. The predicted octanol–water partition coefficient (Wildman–Crippen LogP) is 2.69. The van der Waals surface area contributed by atoms with E-state index in [1.54, 1.807) is 0 Å². The lowest BCUT2D eigenvalue weighted by atomic mass is 10.2. The molecule has 0 saturated heterocycles. The summed E-state index contributed by atoms with van der Waals surface area (Å²) >= 11 is 4.21. The number of rotatable bonds is 3. The molecule has 0 atom stereocenters. The standard InChI is InChI=1S/C7H6BBrOS/c8-11-10-7-3-1-6(5-9)2-4-7/h1-4H,5H2. The first-order valence-electron chi connectivity index (χ1n) is 3.05. The van der Waals surface area contributed by atoms with Gasteiger partial charge in [-0.15, -0.1) is 0 Å². The second-order valence-electron chi connectivity index (χ2n) is 1.96. The Labute approximate surface area is 80.2 Å². The molecule has 1 aromatic carbocycles. The third kappa shape index (κ3) is 2.79. The first kappa shape index (κ1) is 9.01. The van der Waals surface area contributed by atoms with Crippen LogP contribution in [0.3, 0.4) is 0 Å². The number of hydrogen-bond acceptors (Lipinski definition) is 2. The van der Waals surface area contributed by atoms with Gasteiger partial charge in [-0.25, -0.2) is 0 Å². The van der Waals surface area contributed by atoms with Crippen LogP contribution in [0.25, 0.3) is 0 Å². The van der Waals surface area contributed by atoms with Gasteiger partial charge in [0, 0.05) is 5.33 Å². The summed E-state index contributed by atoms with van der Waals surface area (Å²) < 4.78 is 4.98. The quantitative estimate of drug-likeness (QED) is 0.447. The SMILES string of the molecule is [B]SOc1ccc(CBr)cc1. The molecule has 0 heterocycles. The van der Waals surface area contributed by atoms with Gasteiger partial charge in [-0.3, -0.25) is 0 Å². The van der Waals surface area contributed by atoms with E-state index in [-0.39, 0.29) is 0 Å². The van der Waals surface area contributed by atoms with Crippen LogP contribution in [-0.2, 0) is 5.33 Å². The molecular formula is C7H6BBrOS. The van der Waals surface area contributed by atoms with Gasteiger partial charge in [-0.1, -0.05) is 28.1 Å². The van der Waals surface area contributed by atoms with Gasteiger partial charge < -0.3 is 4.18 Å². The molecule has 4 heteroatoms. The van der Waals surface area contributed by atoms with E-state index >= 15 is 0 Å². The van der Waals surface area contributed by atoms with Crippen LogP contribution in [0.1, 0.15) is 5.56 Å². The van der Waals surface area contributed by atoms with Gasteiger partial charge >= 0.3 is 0 Å². The fourth-order valence-electron chi connectivity index (χ4n) is 0.690. The van der Waals surface area contributed by atoms with Crippen LogP contribution in [0, 0.1) is 0 Å². The maximum atomic E-state index is 5.12. The van der Waals surface area contributed by atoms with Crippen molar-refractivity contribution >= 4 is 34.9 Å². The summed E-state index contributed by atoms with van der Waals surface area (Å²) in [6.45, 7) is 0. The molecule has 0 N–H and O–H groups in total. The lowest BCUT2D eigenvalue weighted by molar-refractivity contribution is 0.655. The Kier molecular flexibility index (Phi) is 3.87. The molecule has 0 aliphatic heterocycles. The first-order valence-corrected chi connectivity index (χ1v) is 4.97. The van der Waals surface area contributed by atoms with E-state index in [4.69, 9.17) is 11.3 Å². The summed E-state index contributed by atoms with van der Waals surface area (Å²) in [5.41, 5.74) is 1.22. The van der Waals surface area contributed by atoms with E-state index < -0.39 is 0 Å². The summed E-state index contributed by atoms with van der Waals surface area (Å²) in [4.78, 5) is 0. The Bertz CT molecular complexity index is 214. The van der Waals surface area contributed by atoms with Gasteiger partial charge in [0.2, 0.25) is 7.12 Å². The summed E-state index contributed by atoms with van der Waals surface area (Å²) in [5, 5.41) is 0.864. The lowest BCUT2D eigenvalue weighted by Crippen LogP contribution is -1.80. The molecule has 11 heavy (non-hydrogen) atoms. The minimum absolute atomic E-state index is 0.780. The lowest BCUT2D eigenvalue weighted by Gasteiger charge is -2.00. The van der Waals surface area contributed by atoms with E-state index in [0.29, 0.717) is 0 Å². The zero-order chi connectivity index (χ0) is 8.10. The molecule has 0 aliphatic rings. The van der Waals surface area contributed by atoms with Crippen molar-refractivity contribution in [2.45, 2.75) is 5.33 Å². The topological polar surface area (TPSA) is 9.23 Å². The van der Waals surface area contributed by atoms with Crippen LogP contribution in [0.5, 0.6) is 5.75 Å². The molecule has 0 aromatic heterocycles. The summed E-state index contributed by atoms with van der Waals surface area (Å²) in [5.74, 6) is 0.780. The molecule has 1 nitrogen and oxygen atoms in total. The molecule has 1 aromatic rings. The minimum Gasteiger partial charge on any atom is -0.439 e. The average molecular weight is 229 g/mol. The summed E-state index contributed by atoms with van der Waals surface area (Å²) in [6, 6.07) is 7.74. The van der Waals surface area contributed by atoms with Gasteiger partial charge in [0.1, 0.15) is 5.75 Å². The molecule has 0 aliphatic carbocycles. The van der Waals surface area contributed by atoms with Crippen molar-refractivity contribution in [3.05, 3.63) is 29.8 Å². The second kappa shape index (κ2) is 4.72. The fourth-order valence-corrected chi connectivity index (χ4v) is 1.29. The second-order valence-corrected chi connectivity index (χ2v) is 2.88. The molecule has 0 bridgehead atoms. The maximum absolute atomic E-state index is 5.12. The highest BCUT2D eigenvalue weighted by molar-refractivity contribution is 9.08. The summed E-state index contributed by atoms with van der Waals surface area (Å²) in [6.07, 6.45) is 0. The van der Waals surface area contributed by atoms with Gasteiger partial charge in [0.15, 0.2) is 0 Å². The minimum atomic E-state index is 0.780. The number of halogens is 1. The van der Waals surface area contributed by atoms with Crippen molar-refractivity contribution < 1.29 is 4.18 Å². The maximum Gasteiger partial charge on any atom is 0.222 e. The van der Waals surface area contributed by atoms with E-state index in [9.17, 15) is 0 Å². The van der Waals surface area contributed by atoms with Crippen LogP contribution in [-0.4, -0.2) is 7.12 Å². The zero-order valence-corrected chi connectivity index (χ0v) is 8.19. The molecule has 0 spiro atoms. The van der Waals surface area contributed by atoms with Gasteiger partial charge in [-0.05, 0) is 29.6 Å². The van der Waals surface area contributed by atoms with Crippen LogP contribution in [0.15, 0.2) is 24.3 Å². The van der Waals surface area contributed by atoms with Crippen LogP contribution >= 0.6 is 27.8 Å². The molecule has 0 amide bonds. The highest BCUT2D eigenvalue weighted by atomic mass is 79.9. The van der Waals surface area contributed by atoms with Crippen molar-refractivity contribution in [1.82, 2.24) is 0 Å². The Morgan fingerprint density at radius 2 is 2.00 bits per heavy atom. The Balaban J connectivity index is 2.66. The van der Waals surface area contributed by atoms with Crippen molar-refractivity contribution in [3.8, 4) is 5.75 Å². The highest BCUT2D eigenvalue weighted by Gasteiger charge is 1.92. The number of benzene rings is 1. The monoisotopic (exact) mass is 228 g/mol. The number of hydrogen-bond donors (Lipinski definition) is 0. The largest absolute Gasteiger partial charge is 0.439 e. The predicted molar refractivity (Wildman–Crippen MR) is 53.0 cm³/mol. The summed E-state index contributed by atoms with van der Waals surface area (Å²) in [7, 11) is 5.12. The molecular weight excluding hydrogens is 223 g/mol.